The molecule has 0 aromatic heterocycles. The number of carbonyl (C=O) groups is 1. The molecule has 0 bridgehead atoms. The Bertz CT molecular complexity index is 677. The predicted octanol–water partition coefficient (Wildman–Crippen LogP) is 3.52. The Morgan fingerprint density at radius 2 is 1.58 bits per heavy atom. The van der Waals surface area contributed by atoms with Crippen LogP contribution in [0.25, 0.3) is 0 Å². The Kier molecular flexibility index (Phi) is 7.48. The maximum absolute atomic E-state index is 12.7. The van der Waals surface area contributed by atoms with Crippen molar-refractivity contribution in [3.05, 3.63) is 59.7 Å². The molecule has 0 spiro atoms. The second kappa shape index (κ2) is 9.82. The van der Waals surface area contributed by atoms with Crippen molar-refractivity contribution in [2.75, 3.05) is 33.9 Å². The summed E-state index contributed by atoms with van der Waals surface area (Å²) in [4.78, 5) is 15.0. The van der Waals surface area contributed by atoms with Gasteiger partial charge in [0.05, 0.1) is 20.3 Å². The summed E-state index contributed by atoms with van der Waals surface area (Å²) in [6.45, 7) is 6.63. The molecule has 0 aliphatic carbocycles. The van der Waals surface area contributed by atoms with Gasteiger partial charge in [0.1, 0.15) is 11.5 Å². The maximum Gasteiger partial charge on any atom is 0.251 e. The highest BCUT2D eigenvalue weighted by molar-refractivity contribution is 5.95. The van der Waals surface area contributed by atoms with Crippen LogP contribution in [-0.2, 0) is 0 Å². The number of benzene rings is 2. The van der Waals surface area contributed by atoms with Crippen molar-refractivity contribution in [2.24, 2.45) is 0 Å². The number of rotatable bonds is 9. The van der Waals surface area contributed by atoms with E-state index in [0.717, 1.165) is 13.1 Å². The molecule has 1 atom stereocenters. The molecular weight excluding hydrogens is 328 g/mol. The first-order valence-corrected chi connectivity index (χ1v) is 8.93. The van der Waals surface area contributed by atoms with Gasteiger partial charge < -0.3 is 14.8 Å². The molecule has 2 aromatic rings. The van der Waals surface area contributed by atoms with Crippen LogP contribution in [0.4, 0.5) is 0 Å². The van der Waals surface area contributed by atoms with E-state index in [4.69, 9.17) is 9.47 Å². The predicted molar refractivity (Wildman–Crippen MR) is 104 cm³/mol. The molecule has 0 aliphatic heterocycles. The van der Waals surface area contributed by atoms with Crippen LogP contribution in [0.3, 0.4) is 0 Å². The van der Waals surface area contributed by atoms with Crippen molar-refractivity contribution in [2.45, 2.75) is 19.9 Å². The summed E-state index contributed by atoms with van der Waals surface area (Å²) < 4.78 is 10.5. The summed E-state index contributed by atoms with van der Waals surface area (Å²) in [6, 6.07) is 15.6. The van der Waals surface area contributed by atoms with Gasteiger partial charge in [-0.2, -0.15) is 0 Å². The monoisotopic (exact) mass is 356 g/mol. The van der Waals surface area contributed by atoms with Gasteiger partial charge in [-0.05, 0) is 30.8 Å². The molecule has 2 aromatic carbocycles. The fourth-order valence-electron chi connectivity index (χ4n) is 3.03. The summed E-state index contributed by atoms with van der Waals surface area (Å²) in [5.74, 6) is 1.05. The third-order valence-corrected chi connectivity index (χ3v) is 4.51. The second-order valence-electron chi connectivity index (χ2n) is 5.96. The highest BCUT2D eigenvalue weighted by Gasteiger charge is 2.19. The van der Waals surface area contributed by atoms with Crippen LogP contribution in [0.5, 0.6) is 11.5 Å². The molecule has 5 heteroatoms. The molecule has 140 valence electrons. The summed E-state index contributed by atoms with van der Waals surface area (Å²) in [6.07, 6.45) is 0. The van der Waals surface area contributed by atoms with E-state index in [9.17, 15) is 4.79 Å². The SMILES string of the molecule is CCN(CC)C(CNC(=O)c1cc(OC)cc(OC)c1)c1ccccc1. The Morgan fingerprint density at radius 3 is 2.08 bits per heavy atom. The minimum atomic E-state index is -0.143. The van der Waals surface area contributed by atoms with E-state index in [1.54, 1.807) is 32.4 Å². The average Bonchev–Trinajstić information content (AvgIpc) is 2.71. The number of ether oxygens (including phenoxy) is 2. The van der Waals surface area contributed by atoms with E-state index < -0.39 is 0 Å². The van der Waals surface area contributed by atoms with Crippen molar-refractivity contribution in [1.82, 2.24) is 10.2 Å². The number of likely N-dealkylation sites (N-methyl/N-ethyl adjacent to an activating group) is 1. The molecular formula is C21H28N2O3. The lowest BCUT2D eigenvalue weighted by atomic mass is 10.0. The minimum Gasteiger partial charge on any atom is -0.497 e. The van der Waals surface area contributed by atoms with E-state index in [1.165, 1.54) is 5.56 Å². The Hall–Kier alpha value is -2.53. The summed E-state index contributed by atoms with van der Waals surface area (Å²) in [7, 11) is 3.14. The zero-order valence-electron chi connectivity index (χ0n) is 16.0. The highest BCUT2D eigenvalue weighted by Crippen LogP contribution is 2.23. The molecule has 0 radical (unpaired) electrons. The lowest BCUT2D eigenvalue weighted by molar-refractivity contribution is 0.0934. The van der Waals surface area contributed by atoms with Gasteiger partial charge in [0.2, 0.25) is 0 Å². The van der Waals surface area contributed by atoms with Gasteiger partial charge in [-0.3, -0.25) is 9.69 Å². The lowest BCUT2D eigenvalue weighted by Crippen LogP contribution is -2.38. The summed E-state index contributed by atoms with van der Waals surface area (Å²) >= 11 is 0. The fourth-order valence-corrected chi connectivity index (χ4v) is 3.03. The molecule has 0 saturated carbocycles. The average molecular weight is 356 g/mol. The molecule has 1 unspecified atom stereocenters. The van der Waals surface area contributed by atoms with Crippen LogP contribution in [0, 0.1) is 0 Å². The van der Waals surface area contributed by atoms with Crippen LogP contribution >= 0.6 is 0 Å². The number of hydrogen-bond donors (Lipinski definition) is 1. The third kappa shape index (κ3) is 4.99. The number of methoxy groups -OCH3 is 2. The lowest BCUT2D eigenvalue weighted by Gasteiger charge is -2.30. The molecule has 26 heavy (non-hydrogen) atoms. The Labute approximate surface area is 155 Å². The Balaban J connectivity index is 2.16. The van der Waals surface area contributed by atoms with Crippen LogP contribution in [0.1, 0.15) is 35.8 Å². The molecule has 1 N–H and O–H groups in total. The molecule has 2 rings (SSSR count). The van der Waals surface area contributed by atoms with E-state index in [2.05, 4.69) is 36.2 Å². The molecule has 0 heterocycles. The number of hydrogen-bond acceptors (Lipinski definition) is 4. The van der Waals surface area contributed by atoms with E-state index >= 15 is 0 Å². The Morgan fingerprint density at radius 1 is 1.00 bits per heavy atom. The zero-order valence-corrected chi connectivity index (χ0v) is 16.0. The first-order valence-electron chi connectivity index (χ1n) is 8.93. The molecule has 5 nitrogen and oxygen atoms in total. The molecule has 1 amide bonds. The quantitative estimate of drug-likeness (QED) is 0.747. The third-order valence-electron chi connectivity index (χ3n) is 4.51. The standard InChI is InChI=1S/C21H28N2O3/c1-5-23(6-2)20(16-10-8-7-9-11-16)15-22-21(24)17-12-18(25-3)14-19(13-17)26-4/h7-14,20H,5-6,15H2,1-4H3,(H,22,24). The van der Waals surface area contributed by atoms with Crippen LogP contribution in [0.15, 0.2) is 48.5 Å². The van der Waals surface area contributed by atoms with Crippen LogP contribution in [-0.4, -0.2) is 44.7 Å². The van der Waals surface area contributed by atoms with Crippen molar-refractivity contribution in [3.8, 4) is 11.5 Å². The van der Waals surface area contributed by atoms with Crippen LogP contribution < -0.4 is 14.8 Å². The van der Waals surface area contributed by atoms with Gasteiger partial charge in [-0.25, -0.2) is 0 Å². The maximum atomic E-state index is 12.7. The van der Waals surface area contributed by atoms with Gasteiger partial charge in [-0.15, -0.1) is 0 Å². The van der Waals surface area contributed by atoms with E-state index in [-0.39, 0.29) is 11.9 Å². The van der Waals surface area contributed by atoms with Crippen LogP contribution in [0.2, 0.25) is 0 Å². The number of nitrogens with zero attached hydrogens (tertiary/aromatic N) is 1. The van der Waals surface area contributed by atoms with Gasteiger partial charge in [0.25, 0.3) is 5.91 Å². The van der Waals surface area contributed by atoms with Crippen molar-refractivity contribution in [3.63, 3.8) is 0 Å². The first kappa shape index (κ1) is 19.8. The number of nitrogens with one attached hydrogen (secondary N) is 1. The summed E-state index contributed by atoms with van der Waals surface area (Å²) in [5, 5.41) is 3.06. The molecule has 0 fully saturated rings. The van der Waals surface area contributed by atoms with E-state index in [0.29, 0.717) is 23.6 Å². The van der Waals surface area contributed by atoms with Crippen molar-refractivity contribution >= 4 is 5.91 Å². The van der Waals surface area contributed by atoms with Gasteiger partial charge >= 0.3 is 0 Å². The van der Waals surface area contributed by atoms with Crippen molar-refractivity contribution < 1.29 is 14.3 Å². The summed E-state index contributed by atoms with van der Waals surface area (Å²) in [5.41, 5.74) is 1.72. The number of amides is 1. The molecule has 0 aliphatic rings. The van der Waals surface area contributed by atoms with E-state index in [1.807, 2.05) is 18.2 Å². The van der Waals surface area contributed by atoms with Gasteiger partial charge in [-0.1, -0.05) is 44.2 Å². The topological polar surface area (TPSA) is 50.8 Å². The smallest absolute Gasteiger partial charge is 0.251 e. The normalized spacial score (nSPS) is 11.9. The zero-order chi connectivity index (χ0) is 18.9. The first-order chi connectivity index (χ1) is 12.6. The van der Waals surface area contributed by atoms with Gasteiger partial charge in [0, 0.05) is 18.2 Å². The number of carbonyl (C=O) groups excluding carboxylic acids is 1. The molecule has 0 saturated heterocycles. The second-order valence-corrected chi connectivity index (χ2v) is 5.96. The minimum absolute atomic E-state index is 0.127. The van der Waals surface area contributed by atoms with Gasteiger partial charge in [0.15, 0.2) is 0 Å². The van der Waals surface area contributed by atoms with Crippen molar-refractivity contribution in [1.29, 1.82) is 0 Å². The fraction of sp³-hybridized carbons (Fsp3) is 0.381. The largest absolute Gasteiger partial charge is 0.497 e. The highest BCUT2D eigenvalue weighted by atomic mass is 16.5.